The molecule has 3 aromatic rings. The van der Waals surface area contributed by atoms with E-state index in [1.54, 1.807) is 22.7 Å². The number of likely N-dealkylation sites (tertiary alicyclic amines) is 1. The molecule has 0 aliphatic carbocycles. The SMILES string of the molecule is Cl.NC[C@@H]1CN(Cc2cnc(-c3ccsc3)s2)C[C@H]1c1ccccc1. The van der Waals surface area contributed by atoms with Crippen LogP contribution in [0.3, 0.4) is 0 Å². The maximum Gasteiger partial charge on any atom is 0.124 e. The number of aromatic nitrogens is 1. The number of hydrogen-bond acceptors (Lipinski definition) is 5. The summed E-state index contributed by atoms with van der Waals surface area (Å²) in [5.41, 5.74) is 8.70. The molecule has 1 aliphatic heterocycles. The number of nitrogens with two attached hydrogens (primary N) is 1. The molecule has 0 amide bonds. The first-order valence-corrected chi connectivity index (χ1v) is 10.0. The normalized spacial score (nSPS) is 20.5. The van der Waals surface area contributed by atoms with Crippen LogP contribution in [0.5, 0.6) is 0 Å². The van der Waals surface area contributed by atoms with Crippen molar-refractivity contribution in [3.05, 3.63) is 63.8 Å². The van der Waals surface area contributed by atoms with Crippen LogP contribution in [0.15, 0.2) is 53.4 Å². The van der Waals surface area contributed by atoms with Gasteiger partial charge in [0.05, 0.1) is 0 Å². The molecule has 25 heavy (non-hydrogen) atoms. The van der Waals surface area contributed by atoms with Crippen molar-refractivity contribution in [2.75, 3.05) is 19.6 Å². The zero-order valence-corrected chi connectivity index (χ0v) is 16.3. The Balaban J connectivity index is 0.00000182. The van der Waals surface area contributed by atoms with Gasteiger partial charge in [-0.05, 0) is 29.5 Å². The van der Waals surface area contributed by atoms with Crippen molar-refractivity contribution in [3.8, 4) is 10.6 Å². The van der Waals surface area contributed by atoms with Crippen LogP contribution in [0.25, 0.3) is 10.6 Å². The quantitative estimate of drug-likeness (QED) is 0.697. The molecule has 2 aromatic heterocycles. The molecule has 0 radical (unpaired) electrons. The zero-order valence-electron chi connectivity index (χ0n) is 13.9. The Morgan fingerprint density at radius 3 is 2.72 bits per heavy atom. The second kappa shape index (κ2) is 8.43. The second-order valence-corrected chi connectivity index (χ2v) is 8.25. The lowest BCUT2D eigenvalue weighted by Crippen LogP contribution is -2.22. The third-order valence-corrected chi connectivity index (χ3v) is 6.46. The zero-order chi connectivity index (χ0) is 16.4. The van der Waals surface area contributed by atoms with Crippen LogP contribution in [0, 0.1) is 5.92 Å². The first-order chi connectivity index (χ1) is 11.8. The highest BCUT2D eigenvalue weighted by atomic mass is 35.5. The van der Waals surface area contributed by atoms with Crippen molar-refractivity contribution in [1.29, 1.82) is 0 Å². The largest absolute Gasteiger partial charge is 0.330 e. The lowest BCUT2D eigenvalue weighted by molar-refractivity contribution is 0.319. The van der Waals surface area contributed by atoms with Gasteiger partial charge in [0.25, 0.3) is 0 Å². The molecule has 0 bridgehead atoms. The van der Waals surface area contributed by atoms with E-state index in [4.69, 9.17) is 5.73 Å². The van der Waals surface area contributed by atoms with E-state index in [-0.39, 0.29) is 12.4 Å². The van der Waals surface area contributed by atoms with Crippen LogP contribution >= 0.6 is 35.1 Å². The van der Waals surface area contributed by atoms with Crippen molar-refractivity contribution in [3.63, 3.8) is 0 Å². The maximum atomic E-state index is 6.05. The van der Waals surface area contributed by atoms with E-state index in [1.165, 1.54) is 16.0 Å². The van der Waals surface area contributed by atoms with E-state index >= 15 is 0 Å². The fourth-order valence-electron chi connectivity index (χ4n) is 3.53. The van der Waals surface area contributed by atoms with Crippen LogP contribution in [-0.4, -0.2) is 29.5 Å². The van der Waals surface area contributed by atoms with Crippen LogP contribution in [0.2, 0.25) is 0 Å². The molecule has 0 unspecified atom stereocenters. The molecule has 2 atom stereocenters. The topological polar surface area (TPSA) is 42.1 Å². The maximum absolute atomic E-state index is 6.05. The second-order valence-electron chi connectivity index (χ2n) is 6.35. The molecule has 1 aliphatic rings. The van der Waals surface area contributed by atoms with Crippen molar-refractivity contribution in [2.45, 2.75) is 12.5 Å². The molecule has 3 nitrogen and oxygen atoms in total. The Morgan fingerprint density at radius 2 is 2.00 bits per heavy atom. The minimum absolute atomic E-state index is 0. The van der Waals surface area contributed by atoms with Crippen molar-refractivity contribution < 1.29 is 0 Å². The summed E-state index contributed by atoms with van der Waals surface area (Å²) < 4.78 is 0. The Bertz CT molecular complexity index is 773. The molecular formula is C19H22ClN3S2. The number of rotatable bonds is 5. The minimum atomic E-state index is 0. The predicted molar refractivity (Wildman–Crippen MR) is 110 cm³/mol. The average molecular weight is 392 g/mol. The molecule has 2 N–H and O–H groups in total. The molecule has 0 saturated carbocycles. The molecule has 0 spiro atoms. The summed E-state index contributed by atoms with van der Waals surface area (Å²) in [5.74, 6) is 1.08. The number of nitrogens with zero attached hydrogens (tertiary/aromatic N) is 2. The molecule has 132 valence electrons. The molecule has 3 heterocycles. The van der Waals surface area contributed by atoms with Gasteiger partial charge < -0.3 is 5.73 Å². The van der Waals surface area contributed by atoms with Crippen molar-refractivity contribution in [2.24, 2.45) is 11.7 Å². The van der Waals surface area contributed by atoms with Crippen molar-refractivity contribution >= 4 is 35.1 Å². The average Bonchev–Trinajstić information content (AvgIpc) is 3.36. The Labute approximate surface area is 162 Å². The minimum Gasteiger partial charge on any atom is -0.330 e. The van der Waals surface area contributed by atoms with Crippen molar-refractivity contribution in [1.82, 2.24) is 9.88 Å². The molecule has 1 saturated heterocycles. The Morgan fingerprint density at radius 1 is 1.16 bits per heavy atom. The van der Waals surface area contributed by atoms with Gasteiger partial charge in [-0.1, -0.05) is 30.3 Å². The van der Waals surface area contributed by atoms with E-state index in [1.807, 2.05) is 6.20 Å². The molecule has 1 aromatic carbocycles. The summed E-state index contributed by atoms with van der Waals surface area (Å²) in [6, 6.07) is 12.9. The highest BCUT2D eigenvalue weighted by molar-refractivity contribution is 7.15. The van der Waals surface area contributed by atoms with Gasteiger partial charge in [0.1, 0.15) is 5.01 Å². The molecular weight excluding hydrogens is 370 g/mol. The van der Waals surface area contributed by atoms with Gasteiger partial charge in [-0.3, -0.25) is 4.90 Å². The summed E-state index contributed by atoms with van der Waals surface area (Å²) in [5, 5.41) is 5.39. The number of thiophene rings is 1. The fraction of sp³-hybridized carbons (Fsp3) is 0.316. The van der Waals surface area contributed by atoms with Crippen LogP contribution in [0.4, 0.5) is 0 Å². The van der Waals surface area contributed by atoms with Gasteiger partial charge in [0.15, 0.2) is 0 Å². The van der Waals surface area contributed by atoms with Gasteiger partial charge >= 0.3 is 0 Å². The van der Waals surface area contributed by atoms with Crippen LogP contribution in [-0.2, 0) is 6.54 Å². The van der Waals surface area contributed by atoms with E-state index < -0.39 is 0 Å². The number of thiazole rings is 1. The summed E-state index contributed by atoms with van der Waals surface area (Å²) >= 11 is 3.53. The first kappa shape index (κ1) is 18.5. The standard InChI is InChI=1S/C19H21N3S2.ClH/c20-8-16-10-22(12-18(16)14-4-2-1-3-5-14)11-17-9-21-19(24-17)15-6-7-23-13-15;/h1-7,9,13,16,18H,8,10-12,20H2;1H/t16-,18+;/m1./s1. The van der Waals surface area contributed by atoms with Gasteiger partial charge in [-0.2, -0.15) is 11.3 Å². The summed E-state index contributed by atoms with van der Waals surface area (Å²) in [6.07, 6.45) is 2.03. The van der Waals surface area contributed by atoms with Gasteiger partial charge in [-0.15, -0.1) is 23.7 Å². The highest BCUT2D eigenvalue weighted by Crippen LogP contribution is 2.34. The van der Waals surface area contributed by atoms with E-state index in [9.17, 15) is 0 Å². The summed E-state index contributed by atoms with van der Waals surface area (Å²) in [4.78, 5) is 8.45. The Hall–Kier alpha value is -1.24. The first-order valence-electron chi connectivity index (χ1n) is 8.28. The van der Waals surface area contributed by atoms with E-state index in [2.05, 4.69) is 57.0 Å². The Kier molecular flexibility index (Phi) is 6.25. The third-order valence-electron chi connectivity index (χ3n) is 4.75. The monoisotopic (exact) mass is 391 g/mol. The van der Waals surface area contributed by atoms with E-state index in [0.717, 1.165) is 31.2 Å². The summed E-state index contributed by atoms with van der Waals surface area (Å²) in [7, 11) is 0. The van der Waals surface area contributed by atoms with E-state index in [0.29, 0.717) is 11.8 Å². The molecule has 4 rings (SSSR count). The number of halogens is 1. The predicted octanol–water partition coefficient (Wildman–Crippen LogP) is 4.47. The fourth-order valence-corrected chi connectivity index (χ4v) is 5.19. The van der Waals surface area contributed by atoms with Crippen LogP contribution < -0.4 is 5.73 Å². The van der Waals surface area contributed by atoms with Crippen LogP contribution in [0.1, 0.15) is 16.4 Å². The molecule has 1 fully saturated rings. The third kappa shape index (κ3) is 4.13. The number of benzene rings is 1. The van der Waals surface area contributed by atoms with Gasteiger partial charge in [0.2, 0.25) is 0 Å². The smallest absolute Gasteiger partial charge is 0.124 e. The lowest BCUT2D eigenvalue weighted by atomic mass is 9.89. The van der Waals surface area contributed by atoms with Gasteiger partial charge in [0, 0.05) is 47.6 Å². The summed E-state index contributed by atoms with van der Waals surface area (Å²) in [6.45, 7) is 3.87. The number of hydrogen-bond donors (Lipinski definition) is 1. The molecule has 6 heteroatoms. The lowest BCUT2D eigenvalue weighted by Gasteiger charge is -2.16. The van der Waals surface area contributed by atoms with Gasteiger partial charge in [-0.25, -0.2) is 4.98 Å². The highest BCUT2D eigenvalue weighted by Gasteiger charge is 2.32.